The van der Waals surface area contributed by atoms with Gasteiger partial charge in [0.05, 0.1) is 12.5 Å². The lowest BCUT2D eigenvalue weighted by Crippen LogP contribution is -2.28. The average Bonchev–Trinajstić information content (AvgIpc) is 2.80. The van der Waals surface area contributed by atoms with E-state index in [9.17, 15) is 5.11 Å². The van der Waals surface area contributed by atoms with Crippen molar-refractivity contribution < 1.29 is 9.63 Å². The minimum atomic E-state index is -0.513. The molecular formula is C15H19BrN2O2. The molecule has 1 aromatic carbocycles. The molecule has 0 radical (unpaired) electrons. The molecule has 1 heterocycles. The van der Waals surface area contributed by atoms with Crippen LogP contribution in [-0.2, 0) is 6.42 Å². The summed E-state index contributed by atoms with van der Waals surface area (Å²) in [5.41, 5.74) is 1.84. The van der Waals surface area contributed by atoms with Gasteiger partial charge in [0.2, 0.25) is 11.7 Å². The molecule has 0 amide bonds. The van der Waals surface area contributed by atoms with Crippen LogP contribution in [-0.4, -0.2) is 21.4 Å². The number of aryl methyl sites for hydroxylation is 1. The van der Waals surface area contributed by atoms with Gasteiger partial charge in [-0.25, -0.2) is 0 Å². The number of nitrogens with zero attached hydrogens (tertiary/aromatic N) is 2. The third-order valence-electron chi connectivity index (χ3n) is 3.27. The van der Waals surface area contributed by atoms with E-state index >= 15 is 0 Å². The summed E-state index contributed by atoms with van der Waals surface area (Å²) < 4.78 is 6.23. The summed E-state index contributed by atoms with van der Waals surface area (Å²) in [7, 11) is 0. The summed E-state index contributed by atoms with van der Waals surface area (Å²) in [5.74, 6) is 1.00. The first kappa shape index (κ1) is 15.2. The van der Waals surface area contributed by atoms with Crippen LogP contribution < -0.4 is 0 Å². The zero-order valence-corrected chi connectivity index (χ0v) is 13.7. The molecule has 4 nitrogen and oxygen atoms in total. The van der Waals surface area contributed by atoms with E-state index in [-0.39, 0.29) is 5.41 Å². The Morgan fingerprint density at radius 2 is 2.05 bits per heavy atom. The SMILES string of the molecule is Cc1ccc(-c2noc(CC(O)C(C)(C)C)n2)cc1Br. The highest BCUT2D eigenvalue weighted by Crippen LogP contribution is 2.25. The van der Waals surface area contributed by atoms with Crippen molar-refractivity contribution in [3.8, 4) is 11.4 Å². The van der Waals surface area contributed by atoms with Gasteiger partial charge in [-0.05, 0) is 24.0 Å². The predicted octanol–water partition coefficient (Wildman–Crippen LogP) is 3.76. The first-order valence-corrected chi connectivity index (χ1v) is 7.34. The van der Waals surface area contributed by atoms with Gasteiger partial charge in [-0.1, -0.05) is 54.0 Å². The van der Waals surface area contributed by atoms with Crippen LogP contribution in [0.1, 0.15) is 32.2 Å². The average molecular weight is 339 g/mol. The van der Waals surface area contributed by atoms with E-state index in [1.165, 1.54) is 0 Å². The monoisotopic (exact) mass is 338 g/mol. The van der Waals surface area contributed by atoms with E-state index in [0.717, 1.165) is 15.6 Å². The van der Waals surface area contributed by atoms with E-state index in [4.69, 9.17) is 4.52 Å². The van der Waals surface area contributed by atoms with Crippen LogP contribution in [0.15, 0.2) is 27.2 Å². The number of aromatic nitrogens is 2. The molecule has 0 spiro atoms. The number of halogens is 1. The summed E-state index contributed by atoms with van der Waals surface area (Å²) in [4.78, 5) is 4.35. The molecule has 1 aromatic heterocycles. The first-order chi connectivity index (χ1) is 9.27. The van der Waals surface area contributed by atoms with Gasteiger partial charge < -0.3 is 9.63 Å². The van der Waals surface area contributed by atoms with Crippen molar-refractivity contribution in [2.75, 3.05) is 0 Å². The van der Waals surface area contributed by atoms with Crippen LogP contribution in [0.5, 0.6) is 0 Å². The topological polar surface area (TPSA) is 59.2 Å². The largest absolute Gasteiger partial charge is 0.392 e. The number of hydrogen-bond donors (Lipinski definition) is 1. The second-order valence-electron chi connectivity index (χ2n) is 6.06. The smallest absolute Gasteiger partial charge is 0.229 e. The molecule has 0 bridgehead atoms. The Balaban J connectivity index is 2.18. The van der Waals surface area contributed by atoms with Crippen molar-refractivity contribution in [2.45, 2.75) is 40.2 Å². The molecule has 1 atom stereocenters. The second kappa shape index (κ2) is 5.66. The van der Waals surface area contributed by atoms with Crippen LogP contribution in [0.2, 0.25) is 0 Å². The zero-order valence-electron chi connectivity index (χ0n) is 12.1. The normalized spacial score (nSPS) is 13.5. The van der Waals surface area contributed by atoms with Crippen LogP contribution in [0.3, 0.4) is 0 Å². The minimum absolute atomic E-state index is 0.207. The van der Waals surface area contributed by atoms with Gasteiger partial charge in [0.25, 0.3) is 0 Å². The van der Waals surface area contributed by atoms with Crippen molar-refractivity contribution in [1.82, 2.24) is 10.1 Å². The van der Waals surface area contributed by atoms with Gasteiger partial charge in [-0.3, -0.25) is 0 Å². The fraction of sp³-hybridized carbons (Fsp3) is 0.467. The number of rotatable bonds is 3. The summed E-state index contributed by atoms with van der Waals surface area (Å²) in [6, 6.07) is 5.92. The summed E-state index contributed by atoms with van der Waals surface area (Å²) in [6.07, 6.45) is -0.149. The van der Waals surface area contributed by atoms with Crippen LogP contribution in [0.4, 0.5) is 0 Å². The molecule has 1 N–H and O–H groups in total. The maximum Gasteiger partial charge on any atom is 0.229 e. The van der Waals surface area contributed by atoms with Gasteiger partial charge in [-0.15, -0.1) is 0 Å². The Hall–Kier alpha value is -1.20. The fourth-order valence-electron chi connectivity index (χ4n) is 1.66. The van der Waals surface area contributed by atoms with Crippen molar-refractivity contribution in [3.05, 3.63) is 34.1 Å². The lowest BCUT2D eigenvalue weighted by molar-refractivity contribution is 0.0565. The molecule has 108 valence electrons. The third-order valence-corrected chi connectivity index (χ3v) is 4.12. The molecule has 0 saturated heterocycles. The fourth-order valence-corrected chi connectivity index (χ4v) is 2.04. The number of hydrogen-bond acceptors (Lipinski definition) is 4. The molecule has 0 aliphatic heterocycles. The Morgan fingerprint density at radius 3 is 2.65 bits per heavy atom. The van der Waals surface area contributed by atoms with Crippen molar-refractivity contribution >= 4 is 15.9 Å². The van der Waals surface area contributed by atoms with Crippen molar-refractivity contribution in [3.63, 3.8) is 0 Å². The van der Waals surface area contributed by atoms with Gasteiger partial charge in [0.1, 0.15) is 0 Å². The van der Waals surface area contributed by atoms with Crippen LogP contribution >= 0.6 is 15.9 Å². The first-order valence-electron chi connectivity index (χ1n) is 6.54. The van der Waals surface area contributed by atoms with Gasteiger partial charge in [0, 0.05) is 10.0 Å². The lowest BCUT2D eigenvalue weighted by Gasteiger charge is -2.24. The van der Waals surface area contributed by atoms with E-state index in [1.807, 2.05) is 45.9 Å². The van der Waals surface area contributed by atoms with Gasteiger partial charge in [-0.2, -0.15) is 4.98 Å². The molecular weight excluding hydrogens is 320 g/mol. The number of benzene rings is 1. The Bertz CT molecular complexity index is 602. The van der Waals surface area contributed by atoms with Gasteiger partial charge >= 0.3 is 0 Å². The Kier molecular flexibility index (Phi) is 4.30. The lowest BCUT2D eigenvalue weighted by atomic mass is 9.87. The Morgan fingerprint density at radius 1 is 1.35 bits per heavy atom. The van der Waals surface area contributed by atoms with E-state index in [2.05, 4.69) is 26.1 Å². The maximum atomic E-state index is 10.1. The van der Waals surface area contributed by atoms with E-state index in [0.29, 0.717) is 18.1 Å². The van der Waals surface area contributed by atoms with E-state index in [1.54, 1.807) is 0 Å². The summed E-state index contributed by atoms with van der Waals surface area (Å²) in [6.45, 7) is 7.96. The summed E-state index contributed by atoms with van der Waals surface area (Å²) in [5, 5.41) is 14.0. The highest BCUT2D eigenvalue weighted by atomic mass is 79.9. The maximum absolute atomic E-state index is 10.1. The predicted molar refractivity (Wildman–Crippen MR) is 81.3 cm³/mol. The highest BCUT2D eigenvalue weighted by molar-refractivity contribution is 9.10. The molecule has 20 heavy (non-hydrogen) atoms. The molecule has 2 aromatic rings. The molecule has 0 aliphatic carbocycles. The molecule has 0 aliphatic rings. The molecule has 5 heteroatoms. The van der Waals surface area contributed by atoms with Crippen LogP contribution in [0.25, 0.3) is 11.4 Å². The van der Waals surface area contributed by atoms with Crippen LogP contribution in [0, 0.1) is 12.3 Å². The third kappa shape index (κ3) is 3.46. The van der Waals surface area contributed by atoms with Crippen molar-refractivity contribution in [1.29, 1.82) is 0 Å². The summed E-state index contributed by atoms with van der Waals surface area (Å²) >= 11 is 3.49. The van der Waals surface area contributed by atoms with E-state index < -0.39 is 6.10 Å². The molecule has 0 saturated carbocycles. The molecule has 1 unspecified atom stereocenters. The number of aliphatic hydroxyl groups excluding tert-OH is 1. The molecule has 2 rings (SSSR count). The quantitative estimate of drug-likeness (QED) is 0.925. The molecule has 0 fully saturated rings. The standard InChI is InChI=1S/C15H19BrN2O2/c1-9-5-6-10(7-11(9)16)14-17-13(20-18-14)8-12(19)15(2,3)4/h5-7,12,19H,8H2,1-4H3. The van der Waals surface area contributed by atoms with Crippen molar-refractivity contribution in [2.24, 2.45) is 5.41 Å². The zero-order chi connectivity index (χ0) is 14.9. The Labute approximate surface area is 127 Å². The highest BCUT2D eigenvalue weighted by Gasteiger charge is 2.24. The number of aliphatic hydroxyl groups is 1. The minimum Gasteiger partial charge on any atom is -0.392 e. The van der Waals surface area contributed by atoms with Gasteiger partial charge in [0.15, 0.2) is 0 Å². The second-order valence-corrected chi connectivity index (χ2v) is 6.92.